The summed E-state index contributed by atoms with van der Waals surface area (Å²) in [6.45, 7) is 2.65. The molecule has 7 nitrogen and oxygen atoms in total. The van der Waals surface area contributed by atoms with E-state index in [9.17, 15) is 9.59 Å². The van der Waals surface area contributed by atoms with Gasteiger partial charge in [-0.2, -0.15) is 0 Å². The fourth-order valence-corrected chi connectivity index (χ4v) is 1.49. The van der Waals surface area contributed by atoms with Crippen LogP contribution in [0.1, 0.15) is 30.3 Å². The van der Waals surface area contributed by atoms with Crippen LogP contribution in [-0.4, -0.2) is 41.1 Å². The highest BCUT2D eigenvalue weighted by atomic mass is 16.2. The maximum atomic E-state index is 11.7. The Morgan fingerprint density at radius 3 is 2.68 bits per heavy atom. The number of amides is 2. The second-order valence-corrected chi connectivity index (χ2v) is 4.36. The van der Waals surface area contributed by atoms with Crippen molar-refractivity contribution >= 4 is 17.6 Å². The van der Waals surface area contributed by atoms with Gasteiger partial charge < -0.3 is 16.0 Å². The van der Waals surface area contributed by atoms with Crippen molar-refractivity contribution in [2.45, 2.75) is 25.8 Å². The zero-order valence-corrected chi connectivity index (χ0v) is 10.8. The van der Waals surface area contributed by atoms with Gasteiger partial charge in [-0.05, 0) is 31.9 Å². The first-order chi connectivity index (χ1) is 9.19. The topological polar surface area (TPSA) is 96.0 Å². The van der Waals surface area contributed by atoms with Gasteiger partial charge in [-0.25, -0.2) is 0 Å². The molecule has 3 N–H and O–H groups in total. The summed E-state index contributed by atoms with van der Waals surface area (Å²) in [5.74, 6) is 0.0418. The Hall–Kier alpha value is -2.18. The lowest BCUT2D eigenvalue weighted by Crippen LogP contribution is -2.38. The Labute approximate surface area is 111 Å². The van der Waals surface area contributed by atoms with Crippen LogP contribution in [0.5, 0.6) is 0 Å². The van der Waals surface area contributed by atoms with Gasteiger partial charge in [-0.1, -0.05) is 0 Å². The van der Waals surface area contributed by atoms with E-state index in [0.29, 0.717) is 11.9 Å². The second-order valence-electron chi connectivity index (χ2n) is 4.36. The van der Waals surface area contributed by atoms with Crippen molar-refractivity contribution in [1.29, 1.82) is 0 Å². The minimum Gasteiger partial charge on any atom is -0.369 e. The van der Waals surface area contributed by atoms with Gasteiger partial charge in [-0.3, -0.25) is 9.59 Å². The Bertz CT molecular complexity index is 456. The molecule has 7 heteroatoms. The van der Waals surface area contributed by atoms with E-state index in [-0.39, 0.29) is 18.1 Å². The number of anilines is 1. The maximum absolute atomic E-state index is 11.7. The normalized spacial score (nSPS) is 13.7. The third-order valence-corrected chi connectivity index (χ3v) is 2.61. The van der Waals surface area contributed by atoms with Crippen molar-refractivity contribution < 1.29 is 9.59 Å². The summed E-state index contributed by atoms with van der Waals surface area (Å²) in [7, 11) is 0. The number of carbonyl (C=O) groups is 2. The summed E-state index contributed by atoms with van der Waals surface area (Å²) >= 11 is 0. The number of nitrogens with zero attached hydrogens (tertiary/aromatic N) is 2. The van der Waals surface area contributed by atoms with Gasteiger partial charge >= 0.3 is 0 Å². The van der Waals surface area contributed by atoms with Gasteiger partial charge in [-0.15, -0.1) is 10.2 Å². The molecule has 0 aromatic carbocycles. The molecule has 0 bridgehead atoms. The minimum absolute atomic E-state index is 0.0357. The summed E-state index contributed by atoms with van der Waals surface area (Å²) in [5.41, 5.74) is 0.195. The highest BCUT2D eigenvalue weighted by molar-refractivity contribution is 5.94. The highest BCUT2D eigenvalue weighted by Crippen LogP contribution is 2.18. The lowest BCUT2D eigenvalue weighted by atomic mass is 10.3. The summed E-state index contributed by atoms with van der Waals surface area (Å²) < 4.78 is 0. The van der Waals surface area contributed by atoms with Crippen LogP contribution in [-0.2, 0) is 4.79 Å². The van der Waals surface area contributed by atoms with Crippen LogP contribution in [0, 0.1) is 0 Å². The molecule has 2 rings (SSSR count). The van der Waals surface area contributed by atoms with Crippen molar-refractivity contribution in [1.82, 2.24) is 20.8 Å². The zero-order chi connectivity index (χ0) is 13.7. The van der Waals surface area contributed by atoms with E-state index in [4.69, 9.17) is 0 Å². The molecular weight excluding hydrogens is 246 g/mol. The summed E-state index contributed by atoms with van der Waals surface area (Å²) in [5, 5.41) is 15.9. The van der Waals surface area contributed by atoms with Gasteiger partial charge in [0.05, 0.1) is 6.54 Å². The van der Waals surface area contributed by atoms with E-state index in [1.165, 1.54) is 0 Å². The first-order valence-electron chi connectivity index (χ1n) is 6.34. The van der Waals surface area contributed by atoms with E-state index in [1.807, 2.05) is 6.92 Å². The molecule has 1 aromatic heterocycles. The molecule has 0 atom stereocenters. The van der Waals surface area contributed by atoms with Crippen LogP contribution in [0.15, 0.2) is 12.1 Å². The fraction of sp³-hybridized carbons (Fsp3) is 0.500. The van der Waals surface area contributed by atoms with Crippen molar-refractivity contribution in [2.75, 3.05) is 18.4 Å². The van der Waals surface area contributed by atoms with Crippen LogP contribution in [0.25, 0.3) is 0 Å². The first kappa shape index (κ1) is 13.3. The van der Waals surface area contributed by atoms with Gasteiger partial charge in [0, 0.05) is 12.6 Å². The minimum atomic E-state index is -0.401. The first-order valence-corrected chi connectivity index (χ1v) is 6.34. The van der Waals surface area contributed by atoms with E-state index in [1.54, 1.807) is 12.1 Å². The van der Waals surface area contributed by atoms with Gasteiger partial charge in [0.15, 0.2) is 5.69 Å². The summed E-state index contributed by atoms with van der Waals surface area (Å²) in [6.07, 6.45) is 2.05. The standard InChI is InChI=1S/C12H17N5O2/c1-2-13-10-6-5-9(16-17-10)12(19)14-7-11(18)15-8-3-4-8/h5-6,8H,2-4,7H2,1H3,(H,13,17)(H,14,19)(H,15,18). The van der Waals surface area contributed by atoms with E-state index < -0.39 is 5.91 Å². The van der Waals surface area contributed by atoms with Gasteiger partial charge in [0.25, 0.3) is 5.91 Å². The molecule has 1 aromatic rings. The van der Waals surface area contributed by atoms with Crippen molar-refractivity contribution in [3.05, 3.63) is 17.8 Å². The van der Waals surface area contributed by atoms with Crippen molar-refractivity contribution in [3.63, 3.8) is 0 Å². The molecule has 1 saturated carbocycles. The zero-order valence-electron chi connectivity index (χ0n) is 10.8. The van der Waals surface area contributed by atoms with Gasteiger partial charge in [0.1, 0.15) is 5.82 Å². The smallest absolute Gasteiger partial charge is 0.272 e. The lowest BCUT2D eigenvalue weighted by Gasteiger charge is -2.05. The Balaban J connectivity index is 1.79. The fourth-order valence-electron chi connectivity index (χ4n) is 1.49. The molecule has 102 valence electrons. The van der Waals surface area contributed by atoms with E-state index in [0.717, 1.165) is 19.4 Å². The molecule has 1 heterocycles. The Kier molecular flexibility index (Phi) is 4.27. The average Bonchev–Trinajstić information content (AvgIpc) is 3.21. The average molecular weight is 263 g/mol. The largest absolute Gasteiger partial charge is 0.369 e. The predicted octanol–water partition coefficient (Wildman–Crippen LogP) is -0.0832. The van der Waals surface area contributed by atoms with Crippen LogP contribution >= 0.6 is 0 Å². The molecule has 1 aliphatic carbocycles. The maximum Gasteiger partial charge on any atom is 0.272 e. The molecule has 0 aliphatic heterocycles. The quantitative estimate of drug-likeness (QED) is 0.667. The SMILES string of the molecule is CCNc1ccc(C(=O)NCC(=O)NC2CC2)nn1. The summed E-state index contributed by atoms with van der Waals surface area (Å²) in [4.78, 5) is 23.1. The van der Waals surface area contributed by atoms with Crippen LogP contribution in [0.3, 0.4) is 0 Å². The summed E-state index contributed by atoms with van der Waals surface area (Å²) in [6, 6.07) is 3.54. The molecule has 0 saturated heterocycles. The third-order valence-electron chi connectivity index (χ3n) is 2.61. The van der Waals surface area contributed by atoms with Crippen LogP contribution in [0.2, 0.25) is 0 Å². The predicted molar refractivity (Wildman–Crippen MR) is 69.7 cm³/mol. The van der Waals surface area contributed by atoms with E-state index in [2.05, 4.69) is 26.1 Å². The highest BCUT2D eigenvalue weighted by Gasteiger charge is 2.23. The lowest BCUT2D eigenvalue weighted by molar-refractivity contribution is -0.120. The Morgan fingerprint density at radius 2 is 2.11 bits per heavy atom. The number of hydrogen-bond acceptors (Lipinski definition) is 5. The monoisotopic (exact) mass is 263 g/mol. The third kappa shape index (κ3) is 4.20. The molecule has 2 amide bonds. The second kappa shape index (κ2) is 6.12. The number of hydrogen-bond donors (Lipinski definition) is 3. The molecule has 19 heavy (non-hydrogen) atoms. The molecule has 1 aliphatic rings. The van der Waals surface area contributed by atoms with Crippen molar-refractivity contribution in [2.24, 2.45) is 0 Å². The van der Waals surface area contributed by atoms with Crippen LogP contribution < -0.4 is 16.0 Å². The molecule has 0 unspecified atom stereocenters. The van der Waals surface area contributed by atoms with Crippen molar-refractivity contribution in [3.8, 4) is 0 Å². The number of nitrogens with one attached hydrogen (secondary N) is 3. The number of rotatable bonds is 6. The molecular formula is C12H17N5O2. The number of aromatic nitrogens is 2. The Morgan fingerprint density at radius 1 is 1.32 bits per heavy atom. The van der Waals surface area contributed by atoms with Gasteiger partial charge in [0.2, 0.25) is 5.91 Å². The molecule has 1 fully saturated rings. The van der Waals surface area contributed by atoms with E-state index >= 15 is 0 Å². The van der Waals surface area contributed by atoms with Crippen LogP contribution in [0.4, 0.5) is 5.82 Å². The molecule has 0 spiro atoms. The molecule has 0 radical (unpaired) electrons. The number of carbonyl (C=O) groups excluding carboxylic acids is 2.